The van der Waals surface area contributed by atoms with Gasteiger partial charge in [-0.25, -0.2) is 15.0 Å². The number of nitrogen functional groups attached to an aromatic ring is 1. The fourth-order valence-electron chi connectivity index (χ4n) is 3.91. The average molecular weight is 465 g/mol. The Morgan fingerprint density at radius 1 is 1.32 bits per heavy atom. The number of aryl methyl sites for hydroxylation is 2. The van der Waals surface area contributed by atoms with Crippen LogP contribution in [0, 0.1) is 19.8 Å². The maximum absolute atomic E-state index is 12.9. The highest BCUT2D eigenvalue weighted by atomic mass is 35.5. The standard InChI is InChI=1S/C21H29ClN6O2S/c1-12(25-20(29)17-11-24-14(3)31-17)21(30)28-9-4-5-15(8-10-28)6-7-16-18(22)26-13(2)27-19(16)23/h11-12,15H,4-10H2,1-3H3,(H,25,29)(H2,23,26,27)/t12-,15+/m0/s1. The molecule has 3 heterocycles. The number of carbonyl (C=O) groups excluding carboxylic acids is 2. The molecule has 31 heavy (non-hydrogen) atoms. The summed E-state index contributed by atoms with van der Waals surface area (Å²) < 4.78 is 0. The third-order valence-electron chi connectivity index (χ3n) is 5.63. The Bertz CT molecular complexity index is 927. The predicted molar refractivity (Wildman–Crippen MR) is 122 cm³/mol. The lowest BCUT2D eigenvalue weighted by Gasteiger charge is -2.24. The van der Waals surface area contributed by atoms with Crippen molar-refractivity contribution in [2.45, 2.75) is 58.9 Å². The van der Waals surface area contributed by atoms with Crippen molar-refractivity contribution in [3.8, 4) is 0 Å². The molecule has 3 N–H and O–H groups in total. The van der Waals surface area contributed by atoms with Gasteiger partial charge >= 0.3 is 0 Å². The van der Waals surface area contributed by atoms with Crippen LogP contribution in [-0.4, -0.2) is 50.8 Å². The molecule has 1 aliphatic heterocycles. The zero-order valence-electron chi connectivity index (χ0n) is 18.2. The van der Waals surface area contributed by atoms with Crippen molar-refractivity contribution in [1.82, 2.24) is 25.2 Å². The van der Waals surface area contributed by atoms with Gasteiger partial charge < -0.3 is 16.0 Å². The Morgan fingerprint density at radius 2 is 2.10 bits per heavy atom. The molecule has 10 heteroatoms. The van der Waals surface area contributed by atoms with Crippen molar-refractivity contribution in [2.75, 3.05) is 18.8 Å². The van der Waals surface area contributed by atoms with Gasteiger partial charge in [-0.15, -0.1) is 11.3 Å². The minimum atomic E-state index is -0.574. The van der Waals surface area contributed by atoms with Crippen LogP contribution in [0.1, 0.15) is 58.7 Å². The number of halogens is 1. The van der Waals surface area contributed by atoms with Crippen LogP contribution in [0.15, 0.2) is 6.20 Å². The summed E-state index contributed by atoms with van der Waals surface area (Å²) in [5.74, 6) is 1.19. The molecule has 0 unspecified atom stereocenters. The monoisotopic (exact) mass is 464 g/mol. The molecule has 0 radical (unpaired) electrons. The van der Waals surface area contributed by atoms with Crippen molar-refractivity contribution in [3.63, 3.8) is 0 Å². The first-order valence-corrected chi connectivity index (χ1v) is 11.7. The van der Waals surface area contributed by atoms with E-state index in [0.29, 0.717) is 40.7 Å². The second-order valence-electron chi connectivity index (χ2n) is 8.02. The van der Waals surface area contributed by atoms with E-state index in [0.717, 1.165) is 42.7 Å². The van der Waals surface area contributed by atoms with Gasteiger partial charge in [-0.3, -0.25) is 9.59 Å². The zero-order valence-corrected chi connectivity index (χ0v) is 19.7. The van der Waals surface area contributed by atoms with E-state index in [1.807, 2.05) is 11.8 Å². The second kappa shape index (κ2) is 10.4. The number of hydrogen-bond acceptors (Lipinski definition) is 7. The van der Waals surface area contributed by atoms with Crippen LogP contribution in [0.3, 0.4) is 0 Å². The predicted octanol–water partition coefficient (Wildman–Crippen LogP) is 3.17. The van der Waals surface area contributed by atoms with E-state index in [1.54, 1.807) is 20.0 Å². The Balaban J connectivity index is 1.51. The Hall–Kier alpha value is -2.26. The van der Waals surface area contributed by atoms with Crippen LogP contribution in [0.25, 0.3) is 0 Å². The van der Waals surface area contributed by atoms with Crippen LogP contribution < -0.4 is 11.1 Å². The van der Waals surface area contributed by atoms with Crippen LogP contribution in [0.4, 0.5) is 5.82 Å². The van der Waals surface area contributed by atoms with Crippen molar-refractivity contribution in [1.29, 1.82) is 0 Å². The number of thiazole rings is 1. The highest BCUT2D eigenvalue weighted by molar-refractivity contribution is 7.13. The number of nitrogens with two attached hydrogens (primary N) is 1. The van der Waals surface area contributed by atoms with Gasteiger partial charge in [0.15, 0.2) is 0 Å². The van der Waals surface area contributed by atoms with Crippen molar-refractivity contribution < 1.29 is 9.59 Å². The van der Waals surface area contributed by atoms with Crippen LogP contribution >= 0.6 is 22.9 Å². The minimum absolute atomic E-state index is 0.0468. The number of aromatic nitrogens is 3. The molecule has 2 amide bonds. The molecule has 1 fully saturated rings. The molecule has 2 aromatic rings. The first kappa shape index (κ1) is 23.4. The van der Waals surface area contributed by atoms with E-state index < -0.39 is 6.04 Å². The summed E-state index contributed by atoms with van der Waals surface area (Å²) in [6.45, 7) is 6.73. The van der Waals surface area contributed by atoms with Gasteiger partial charge in [0.05, 0.1) is 11.2 Å². The van der Waals surface area contributed by atoms with Gasteiger partial charge in [-0.1, -0.05) is 11.6 Å². The number of rotatable bonds is 6. The van der Waals surface area contributed by atoms with Gasteiger partial charge in [-0.05, 0) is 58.8 Å². The number of amides is 2. The van der Waals surface area contributed by atoms with Crippen molar-refractivity contribution >= 4 is 40.6 Å². The number of hydrogen-bond donors (Lipinski definition) is 2. The van der Waals surface area contributed by atoms with Crippen molar-refractivity contribution in [3.05, 3.63) is 32.6 Å². The molecule has 2 atom stereocenters. The minimum Gasteiger partial charge on any atom is -0.383 e. The van der Waals surface area contributed by atoms with Gasteiger partial charge in [0, 0.05) is 18.7 Å². The Morgan fingerprint density at radius 3 is 2.77 bits per heavy atom. The van der Waals surface area contributed by atoms with Gasteiger partial charge in [0.2, 0.25) is 5.91 Å². The normalized spacial score (nSPS) is 17.8. The summed E-state index contributed by atoms with van der Waals surface area (Å²) in [7, 11) is 0. The molecule has 3 rings (SSSR count). The molecular formula is C21H29ClN6O2S. The number of nitrogens with zero attached hydrogens (tertiary/aromatic N) is 4. The van der Waals surface area contributed by atoms with E-state index in [4.69, 9.17) is 17.3 Å². The summed E-state index contributed by atoms with van der Waals surface area (Å²) in [6, 6.07) is -0.574. The topological polar surface area (TPSA) is 114 Å². The lowest BCUT2D eigenvalue weighted by atomic mass is 9.93. The molecule has 8 nitrogen and oxygen atoms in total. The summed E-state index contributed by atoms with van der Waals surface area (Å²) in [5.41, 5.74) is 6.83. The molecule has 0 saturated carbocycles. The van der Waals surface area contributed by atoms with Gasteiger partial charge in [0.1, 0.15) is 27.7 Å². The Kier molecular flexibility index (Phi) is 7.83. The summed E-state index contributed by atoms with van der Waals surface area (Å²) >= 11 is 7.57. The van der Waals surface area contributed by atoms with Crippen molar-refractivity contribution in [2.24, 2.45) is 5.92 Å². The average Bonchev–Trinajstić information content (AvgIpc) is 3.01. The summed E-state index contributed by atoms with van der Waals surface area (Å²) in [4.78, 5) is 40.1. The van der Waals surface area contributed by atoms with Gasteiger partial charge in [-0.2, -0.15) is 0 Å². The number of nitrogens with one attached hydrogen (secondary N) is 1. The molecular weight excluding hydrogens is 436 g/mol. The summed E-state index contributed by atoms with van der Waals surface area (Å²) in [5, 5.41) is 4.05. The highest BCUT2D eigenvalue weighted by Crippen LogP contribution is 2.27. The number of carbonyl (C=O) groups is 2. The van der Waals surface area contributed by atoms with Gasteiger partial charge in [0.25, 0.3) is 5.91 Å². The van der Waals surface area contributed by atoms with E-state index in [1.165, 1.54) is 11.3 Å². The number of likely N-dealkylation sites (tertiary alicyclic amines) is 1. The van der Waals surface area contributed by atoms with Crippen LogP contribution in [0.2, 0.25) is 5.15 Å². The molecule has 2 aromatic heterocycles. The molecule has 0 aliphatic carbocycles. The molecule has 0 aromatic carbocycles. The smallest absolute Gasteiger partial charge is 0.263 e. The third kappa shape index (κ3) is 6.13. The maximum Gasteiger partial charge on any atom is 0.263 e. The molecule has 1 aliphatic rings. The van der Waals surface area contributed by atoms with Crippen LogP contribution in [-0.2, 0) is 11.2 Å². The molecule has 0 spiro atoms. The fraction of sp³-hybridized carbons (Fsp3) is 0.571. The lowest BCUT2D eigenvalue weighted by molar-refractivity contribution is -0.132. The number of anilines is 1. The van der Waals surface area contributed by atoms with E-state index in [2.05, 4.69) is 20.3 Å². The Labute approximate surface area is 191 Å². The fourth-order valence-corrected chi connectivity index (χ4v) is 4.90. The molecule has 1 saturated heterocycles. The molecule has 168 valence electrons. The first-order valence-electron chi connectivity index (χ1n) is 10.5. The van der Waals surface area contributed by atoms with Crippen LogP contribution in [0.5, 0.6) is 0 Å². The van der Waals surface area contributed by atoms with E-state index in [-0.39, 0.29) is 11.8 Å². The third-order valence-corrected chi connectivity index (χ3v) is 6.85. The lowest BCUT2D eigenvalue weighted by Crippen LogP contribution is -2.47. The summed E-state index contributed by atoms with van der Waals surface area (Å²) in [6.07, 6.45) is 6.07. The quantitative estimate of drug-likeness (QED) is 0.634. The van der Waals surface area contributed by atoms with E-state index in [9.17, 15) is 9.59 Å². The zero-order chi connectivity index (χ0) is 22.5. The first-order chi connectivity index (χ1) is 14.7. The molecule has 0 bridgehead atoms. The highest BCUT2D eigenvalue weighted by Gasteiger charge is 2.26. The second-order valence-corrected chi connectivity index (χ2v) is 9.62. The maximum atomic E-state index is 12.9. The SMILES string of the molecule is Cc1nc(N)c(CC[C@H]2CCCN(C(=O)[C@H](C)NC(=O)c3cnc(C)s3)CC2)c(Cl)n1. The largest absolute Gasteiger partial charge is 0.383 e. The van der Waals surface area contributed by atoms with E-state index >= 15 is 0 Å².